The van der Waals surface area contributed by atoms with Crippen LogP contribution in [0.25, 0.3) is 6.08 Å². The van der Waals surface area contributed by atoms with Gasteiger partial charge in [0.05, 0.1) is 7.11 Å². The highest BCUT2D eigenvalue weighted by Crippen LogP contribution is 2.21. The number of hydrogen-bond acceptors (Lipinski definition) is 4. The van der Waals surface area contributed by atoms with Crippen LogP contribution in [0.1, 0.15) is 17.2 Å². The van der Waals surface area contributed by atoms with Gasteiger partial charge in [-0.3, -0.25) is 4.79 Å². The third-order valence-electron chi connectivity index (χ3n) is 4.19. The van der Waals surface area contributed by atoms with Gasteiger partial charge in [0.2, 0.25) is 6.10 Å². The summed E-state index contributed by atoms with van der Waals surface area (Å²) >= 11 is 0. The highest BCUT2D eigenvalue weighted by atomic mass is 19.1. The maximum Gasteiger partial charge on any atom is 0.331 e. The predicted octanol–water partition coefficient (Wildman–Crippen LogP) is 4.77. The second-order valence-electron chi connectivity index (χ2n) is 6.33. The number of nitrogens with one attached hydrogen (secondary N) is 1. The Kier molecular flexibility index (Phi) is 6.95. The molecule has 1 atom stereocenters. The molecule has 5 nitrogen and oxygen atoms in total. The van der Waals surface area contributed by atoms with E-state index >= 15 is 0 Å². The van der Waals surface area contributed by atoms with Gasteiger partial charge >= 0.3 is 5.97 Å². The fourth-order valence-electron chi connectivity index (χ4n) is 2.71. The van der Waals surface area contributed by atoms with E-state index < -0.39 is 23.8 Å². The van der Waals surface area contributed by atoms with Crippen LogP contribution >= 0.6 is 0 Å². The third-order valence-corrected chi connectivity index (χ3v) is 4.19. The molecule has 0 aliphatic heterocycles. The molecule has 0 fully saturated rings. The number of halogens is 1. The van der Waals surface area contributed by atoms with Crippen LogP contribution in [0.3, 0.4) is 0 Å². The minimum absolute atomic E-state index is 0.394. The molecule has 0 aliphatic carbocycles. The van der Waals surface area contributed by atoms with Gasteiger partial charge in [0, 0.05) is 17.3 Å². The molecule has 0 saturated carbocycles. The van der Waals surface area contributed by atoms with E-state index in [0.717, 1.165) is 5.56 Å². The number of ether oxygens (including phenoxy) is 2. The molecule has 3 aromatic rings. The molecule has 0 unspecified atom stereocenters. The van der Waals surface area contributed by atoms with Crippen LogP contribution in [-0.4, -0.2) is 19.0 Å². The van der Waals surface area contributed by atoms with E-state index in [4.69, 9.17) is 9.47 Å². The lowest BCUT2D eigenvalue weighted by Crippen LogP contribution is -2.25. The van der Waals surface area contributed by atoms with E-state index in [2.05, 4.69) is 5.32 Å². The van der Waals surface area contributed by atoms with Gasteiger partial charge in [0.25, 0.3) is 5.91 Å². The van der Waals surface area contributed by atoms with Gasteiger partial charge < -0.3 is 14.8 Å². The monoisotopic (exact) mass is 405 g/mol. The average Bonchev–Trinajstić information content (AvgIpc) is 2.78. The van der Waals surface area contributed by atoms with Crippen LogP contribution in [0.2, 0.25) is 0 Å². The second kappa shape index (κ2) is 10.0. The lowest BCUT2D eigenvalue weighted by Gasteiger charge is -2.17. The van der Waals surface area contributed by atoms with Gasteiger partial charge in [0.15, 0.2) is 0 Å². The van der Waals surface area contributed by atoms with Crippen molar-refractivity contribution in [1.82, 2.24) is 0 Å². The minimum atomic E-state index is -1.17. The number of anilines is 1. The van der Waals surface area contributed by atoms with Crippen LogP contribution in [0.5, 0.6) is 5.75 Å². The highest BCUT2D eigenvalue weighted by molar-refractivity contribution is 5.97. The maximum absolute atomic E-state index is 13.1. The standard InChI is InChI=1S/C24H20FNO4/c1-29-21-9-5-6-17(16-21)10-15-22(27)30-23(18-7-3-2-4-8-18)24(28)26-20-13-11-19(25)12-14-20/h2-16,23H,1H3,(H,26,28)/b15-10+/t23-/m0/s1. The molecule has 0 bridgehead atoms. The molecule has 0 aliphatic rings. The largest absolute Gasteiger partial charge is 0.497 e. The van der Waals surface area contributed by atoms with Crippen molar-refractivity contribution < 1.29 is 23.5 Å². The number of esters is 1. The Hall–Kier alpha value is -3.93. The molecular formula is C24H20FNO4. The SMILES string of the molecule is COc1cccc(/C=C/C(=O)O[C@H](C(=O)Nc2ccc(F)cc2)c2ccccc2)c1. The Labute approximate surface area is 173 Å². The quantitative estimate of drug-likeness (QED) is 0.454. The smallest absolute Gasteiger partial charge is 0.331 e. The van der Waals surface area contributed by atoms with Crippen molar-refractivity contribution in [2.75, 3.05) is 12.4 Å². The number of carbonyl (C=O) groups excluding carboxylic acids is 2. The van der Waals surface area contributed by atoms with Crippen molar-refractivity contribution in [3.8, 4) is 5.75 Å². The van der Waals surface area contributed by atoms with Gasteiger partial charge in [-0.05, 0) is 48.0 Å². The third kappa shape index (κ3) is 5.78. The number of carbonyl (C=O) groups is 2. The summed E-state index contributed by atoms with van der Waals surface area (Å²) in [6.07, 6.45) is 1.65. The van der Waals surface area contributed by atoms with Gasteiger partial charge in [-0.25, -0.2) is 9.18 Å². The summed E-state index contributed by atoms with van der Waals surface area (Å²) in [7, 11) is 1.56. The van der Waals surface area contributed by atoms with E-state index in [1.54, 1.807) is 61.7 Å². The Balaban J connectivity index is 1.75. The zero-order chi connectivity index (χ0) is 21.3. The van der Waals surface area contributed by atoms with Crippen molar-refractivity contribution in [3.05, 3.63) is 102 Å². The Morgan fingerprint density at radius 1 is 0.967 bits per heavy atom. The lowest BCUT2D eigenvalue weighted by atomic mass is 10.1. The number of methoxy groups -OCH3 is 1. The number of benzene rings is 3. The topological polar surface area (TPSA) is 64.6 Å². The summed E-state index contributed by atoms with van der Waals surface area (Å²) in [5.41, 5.74) is 1.66. The molecule has 3 aromatic carbocycles. The average molecular weight is 405 g/mol. The summed E-state index contributed by atoms with van der Waals surface area (Å²) in [6.45, 7) is 0. The molecule has 0 aromatic heterocycles. The summed E-state index contributed by atoms with van der Waals surface area (Å²) < 4.78 is 23.7. The van der Waals surface area contributed by atoms with Crippen molar-refractivity contribution in [2.45, 2.75) is 6.10 Å². The first-order chi connectivity index (χ1) is 14.5. The van der Waals surface area contributed by atoms with Crippen molar-refractivity contribution in [2.24, 2.45) is 0 Å². The molecule has 1 amide bonds. The summed E-state index contributed by atoms with van der Waals surface area (Å²) in [5, 5.41) is 2.64. The normalized spacial score (nSPS) is 11.7. The molecule has 1 N–H and O–H groups in total. The number of amides is 1. The van der Waals surface area contributed by atoms with E-state index in [9.17, 15) is 14.0 Å². The molecule has 6 heteroatoms. The second-order valence-corrected chi connectivity index (χ2v) is 6.33. The van der Waals surface area contributed by atoms with Crippen LogP contribution < -0.4 is 10.1 Å². The first-order valence-corrected chi connectivity index (χ1v) is 9.19. The van der Waals surface area contributed by atoms with Gasteiger partial charge in [-0.15, -0.1) is 0 Å². The Morgan fingerprint density at radius 2 is 1.70 bits per heavy atom. The summed E-state index contributed by atoms with van der Waals surface area (Å²) in [6, 6.07) is 21.1. The first kappa shape index (κ1) is 20.8. The fraction of sp³-hybridized carbons (Fsp3) is 0.0833. The van der Waals surface area contributed by atoms with Crippen LogP contribution in [-0.2, 0) is 14.3 Å². The van der Waals surface area contributed by atoms with E-state index in [-0.39, 0.29) is 0 Å². The molecule has 0 spiro atoms. The Morgan fingerprint density at radius 3 is 2.40 bits per heavy atom. The van der Waals surface area contributed by atoms with E-state index in [1.807, 2.05) is 6.07 Å². The fourth-order valence-corrected chi connectivity index (χ4v) is 2.71. The van der Waals surface area contributed by atoms with Gasteiger partial charge in [-0.2, -0.15) is 0 Å². The number of rotatable bonds is 7. The maximum atomic E-state index is 13.1. The molecule has 0 radical (unpaired) electrons. The summed E-state index contributed by atoms with van der Waals surface area (Å²) in [4.78, 5) is 25.2. The van der Waals surface area contributed by atoms with Crippen molar-refractivity contribution >= 4 is 23.6 Å². The van der Waals surface area contributed by atoms with E-state index in [0.29, 0.717) is 17.0 Å². The zero-order valence-electron chi connectivity index (χ0n) is 16.2. The van der Waals surface area contributed by atoms with Crippen molar-refractivity contribution in [3.63, 3.8) is 0 Å². The minimum Gasteiger partial charge on any atom is -0.497 e. The molecule has 0 heterocycles. The Bertz CT molecular complexity index is 1030. The molecule has 0 saturated heterocycles. The van der Waals surface area contributed by atoms with Crippen LogP contribution in [0.15, 0.2) is 84.9 Å². The molecule has 3 rings (SSSR count). The van der Waals surface area contributed by atoms with E-state index in [1.165, 1.54) is 30.3 Å². The molecule has 30 heavy (non-hydrogen) atoms. The summed E-state index contributed by atoms with van der Waals surface area (Å²) in [5.74, 6) is -0.982. The van der Waals surface area contributed by atoms with Crippen molar-refractivity contribution in [1.29, 1.82) is 0 Å². The first-order valence-electron chi connectivity index (χ1n) is 9.19. The highest BCUT2D eigenvalue weighted by Gasteiger charge is 2.24. The zero-order valence-corrected chi connectivity index (χ0v) is 16.2. The van der Waals surface area contributed by atoms with Gasteiger partial charge in [-0.1, -0.05) is 42.5 Å². The number of hydrogen-bond donors (Lipinski definition) is 1. The predicted molar refractivity (Wildman–Crippen MR) is 112 cm³/mol. The lowest BCUT2D eigenvalue weighted by molar-refractivity contribution is -0.149. The van der Waals surface area contributed by atoms with Crippen LogP contribution in [0.4, 0.5) is 10.1 Å². The molecule has 152 valence electrons. The van der Waals surface area contributed by atoms with Crippen LogP contribution in [0, 0.1) is 5.82 Å². The van der Waals surface area contributed by atoms with Gasteiger partial charge in [0.1, 0.15) is 11.6 Å². The molecular weight excluding hydrogens is 385 g/mol.